The highest BCUT2D eigenvalue weighted by Gasteiger charge is 2.24. The minimum absolute atomic E-state index is 0.199. The van der Waals surface area contributed by atoms with Gasteiger partial charge in [-0.25, -0.2) is 0 Å². The quantitative estimate of drug-likeness (QED) is 0.859. The molecule has 5 heteroatoms. The molecule has 0 spiro atoms. The summed E-state index contributed by atoms with van der Waals surface area (Å²) in [7, 11) is 0. The molecule has 1 aromatic carbocycles. The van der Waals surface area contributed by atoms with Gasteiger partial charge in [-0.2, -0.15) is 4.98 Å². The van der Waals surface area contributed by atoms with Gasteiger partial charge in [0.15, 0.2) is 11.6 Å². The first-order valence-electron chi connectivity index (χ1n) is 6.85. The fraction of sp³-hybridized carbons (Fsp3) is 0.400. The van der Waals surface area contributed by atoms with E-state index in [2.05, 4.69) is 15.0 Å². The molecule has 1 aliphatic rings. The normalized spacial score (nSPS) is 14.8. The third-order valence-electron chi connectivity index (χ3n) is 3.48. The number of hydrogen-bond donors (Lipinski definition) is 0. The standard InChI is InChI=1S/C15H17N3O2/c1-10(2)15-16-14(20-17-15)9-18-8-7-13(19)11-5-3-4-6-12(11)18/h3-6,10H,7-9H2,1-2H3. The summed E-state index contributed by atoms with van der Waals surface area (Å²) in [6, 6.07) is 7.67. The number of aromatic nitrogens is 2. The van der Waals surface area contributed by atoms with Crippen molar-refractivity contribution in [3.8, 4) is 0 Å². The summed E-state index contributed by atoms with van der Waals surface area (Å²) >= 11 is 0. The van der Waals surface area contributed by atoms with Crippen LogP contribution in [0.2, 0.25) is 0 Å². The molecule has 0 saturated heterocycles. The molecule has 5 nitrogen and oxygen atoms in total. The molecule has 0 unspecified atom stereocenters. The second-order valence-electron chi connectivity index (χ2n) is 5.31. The van der Waals surface area contributed by atoms with Crippen molar-refractivity contribution in [3.05, 3.63) is 41.5 Å². The van der Waals surface area contributed by atoms with Crippen LogP contribution in [-0.2, 0) is 6.54 Å². The molecule has 0 N–H and O–H groups in total. The van der Waals surface area contributed by atoms with E-state index in [0.29, 0.717) is 25.4 Å². The Labute approximate surface area is 117 Å². The highest BCUT2D eigenvalue weighted by atomic mass is 16.5. The maximum atomic E-state index is 11.9. The van der Waals surface area contributed by atoms with Crippen molar-refractivity contribution in [3.63, 3.8) is 0 Å². The van der Waals surface area contributed by atoms with Crippen LogP contribution in [0.1, 0.15) is 48.3 Å². The van der Waals surface area contributed by atoms with Crippen molar-refractivity contribution in [1.82, 2.24) is 10.1 Å². The van der Waals surface area contributed by atoms with Gasteiger partial charge in [0, 0.05) is 30.1 Å². The topological polar surface area (TPSA) is 59.2 Å². The van der Waals surface area contributed by atoms with Crippen LogP contribution in [0.25, 0.3) is 0 Å². The number of benzene rings is 1. The average Bonchev–Trinajstić information content (AvgIpc) is 2.91. The van der Waals surface area contributed by atoms with E-state index >= 15 is 0 Å². The molecule has 1 aromatic heterocycles. The molecule has 0 radical (unpaired) electrons. The monoisotopic (exact) mass is 271 g/mol. The van der Waals surface area contributed by atoms with Gasteiger partial charge in [0.25, 0.3) is 0 Å². The molecule has 2 heterocycles. The fourth-order valence-electron chi connectivity index (χ4n) is 2.37. The van der Waals surface area contributed by atoms with Crippen LogP contribution >= 0.6 is 0 Å². The molecule has 104 valence electrons. The maximum Gasteiger partial charge on any atom is 0.246 e. The summed E-state index contributed by atoms with van der Waals surface area (Å²) in [5, 5.41) is 3.97. The largest absolute Gasteiger partial charge is 0.361 e. The van der Waals surface area contributed by atoms with Gasteiger partial charge in [0.2, 0.25) is 5.89 Å². The van der Waals surface area contributed by atoms with Gasteiger partial charge >= 0.3 is 0 Å². The van der Waals surface area contributed by atoms with Crippen molar-refractivity contribution >= 4 is 11.5 Å². The van der Waals surface area contributed by atoms with Crippen molar-refractivity contribution in [2.45, 2.75) is 32.7 Å². The Balaban J connectivity index is 1.84. The van der Waals surface area contributed by atoms with Crippen molar-refractivity contribution in [1.29, 1.82) is 0 Å². The number of nitrogens with zero attached hydrogens (tertiary/aromatic N) is 3. The zero-order valence-electron chi connectivity index (χ0n) is 11.7. The second kappa shape index (κ2) is 5.07. The van der Waals surface area contributed by atoms with Gasteiger partial charge < -0.3 is 9.42 Å². The van der Waals surface area contributed by atoms with Crippen LogP contribution in [0.3, 0.4) is 0 Å². The number of rotatable bonds is 3. The van der Waals surface area contributed by atoms with E-state index < -0.39 is 0 Å². The van der Waals surface area contributed by atoms with Gasteiger partial charge in [-0.05, 0) is 12.1 Å². The Morgan fingerprint density at radius 1 is 1.35 bits per heavy atom. The zero-order chi connectivity index (χ0) is 14.1. The van der Waals surface area contributed by atoms with Crippen LogP contribution in [0.4, 0.5) is 5.69 Å². The lowest BCUT2D eigenvalue weighted by Gasteiger charge is -2.29. The van der Waals surface area contributed by atoms with Gasteiger partial charge in [-0.15, -0.1) is 0 Å². The second-order valence-corrected chi connectivity index (χ2v) is 5.31. The third-order valence-corrected chi connectivity index (χ3v) is 3.48. The Bertz CT molecular complexity index is 634. The van der Waals surface area contributed by atoms with Crippen LogP contribution in [0, 0.1) is 0 Å². The molecule has 3 rings (SSSR count). The molecule has 2 aromatic rings. The van der Waals surface area contributed by atoms with Gasteiger partial charge in [-0.1, -0.05) is 31.1 Å². The van der Waals surface area contributed by atoms with E-state index in [1.54, 1.807) is 0 Å². The lowest BCUT2D eigenvalue weighted by molar-refractivity contribution is 0.0979. The molecule has 20 heavy (non-hydrogen) atoms. The Kier molecular flexibility index (Phi) is 3.26. The number of para-hydroxylation sites is 1. The zero-order valence-corrected chi connectivity index (χ0v) is 11.7. The summed E-state index contributed by atoms with van der Waals surface area (Å²) < 4.78 is 5.28. The van der Waals surface area contributed by atoms with E-state index in [1.165, 1.54) is 0 Å². The number of ketones is 1. The molecule has 0 atom stereocenters. The summed E-state index contributed by atoms with van der Waals surface area (Å²) in [6.07, 6.45) is 0.530. The number of anilines is 1. The molecule has 0 aliphatic carbocycles. The van der Waals surface area contributed by atoms with Crippen LogP contribution in [0.15, 0.2) is 28.8 Å². The Morgan fingerprint density at radius 3 is 2.90 bits per heavy atom. The van der Waals surface area contributed by atoms with Gasteiger partial charge in [-0.3, -0.25) is 4.79 Å². The first-order valence-corrected chi connectivity index (χ1v) is 6.85. The number of carbonyl (C=O) groups is 1. The van der Waals surface area contributed by atoms with Crippen molar-refractivity contribution in [2.75, 3.05) is 11.4 Å². The number of carbonyl (C=O) groups excluding carboxylic acids is 1. The first kappa shape index (κ1) is 12.8. The van der Waals surface area contributed by atoms with E-state index in [0.717, 1.165) is 17.1 Å². The Hall–Kier alpha value is -2.17. The highest BCUT2D eigenvalue weighted by Crippen LogP contribution is 2.28. The van der Waals surface area contributed by atoms with Crippen LogP contribution < -0.4 is 4.90 Å². The highest BCUT2D eigenvalue weighted by molar-refractivity contribution is 6.03. The summed E-state index contributed by atoms with van der Waals surface area (Å²) in [5.41, 5.74) is 1.73. The fourth-order valence-corrected chi connectivity index (χ4v) is 2.37. The minimum Gasteiger partial charge on any atom is -0.361 e. The number of fused-ring (bicyclic) bond motifs is 1. The molecule has 1 aliphatic heterocycles. The number of Topliss-reactive ketones (excluding diaryl/α,β-unsaturated/α-hetero) is 1. The van der Waals surface area contributed by atoms with Gasteiger partial charge in [0.1, 0.15) is 0 Å². The predicted octanol–water partition coefficient (Wildman–Crippen LogP) is 2.79. The van der Waals surface area contributed by atoms with E-state index in [1.807, 2.05) is 38.1 Å². The van der Waals surface area contributed by atoms with E-state index in [-0.39, 0.29) is 11.7 Å². The van der Waals surface area contributed by atoms with Gasteiger partial charge in [0.05, 0.1) is 6.54 Å². The smallest absolute Gasteiger partial charge is 0.246 e. The first-order chi connectivity index (χ1) is 9.65. The third kappa shape index (κ3) is 2.31. The minimum atomic E-state index is 0.199. The average molecular weight is 271 g/mol. The van der Waals surface area contributed by atoms with E-state index in [9.17, 15) is 4.79 Å². The molecular weight excluding hydrogens is 254 g/mol. The Morgan fingerprint density at radius 2 is 2.15 bits per heavy atom. The molecule has 0 saturated carbocycles. The predicted molar refractivity (Wildman–Crippen MR) is 74.8 cm³/mol. The molecular formula is C15H17N3O2. The molecule has 0 amide bonds. The number of hydrogen-bond acceptors (Lipinski definition) is 5. The van der Waals surface area contributed by atoms with E-state index in [4.69, 9.17) is 4.52 Å². The van der Waals surface area contributed by atoms with Crippen LogP contribution in [-0.4, -0.2) is 22.5 Å². The summed E-state index contributed by atoms with van der Waals surface area (Å²) in [4.78, 5) is 18.4. The molecule has 0 fully saturated rings. The molecule has 0 bridgehead atoms. The summed E-state index contributed by atoms with van der Waals surface area (Å²) in [5.74, 6) is 1.77. The SMILES string of the molecule is CC(C)c1noc(CN2CCC(=O)c3ccccc32)n1. The lowest BCUT2D eigenvalue weighted by Crippen LogP contribution is -2.31. The van der Waals surface area contributed by atoms with Crippen molar-refractivity contribution < 1.29 is 9.32 Å². The lowest BCUT2D eigenvalue weighted by atomic mass is 10.0. The maximum absolute atomic E-state index is 11.9. The van der Waals surface area contributed by atoms with Crippen molar-refractivity contribution in [2.24, 2.45) is 0 Å². The summed E-state index contributed by atoms with van der Waals surface area (Å²) in [6.45, 7) is 5.30. The van der Waals surface area contributed by atoms with Crippen LogP contribution in [0.5, 0.6) is 0 Å².